The molecule has 1 fully saturated rings. The van der Waals surface area contributed by atoms with Crippen molar-refractivity contribution < 1.29 is 0 Å². The fraction of sp³-hybridized carbons (Fsp3) is 0.538. The molecule has 1 atom stereocenters. The number of aryl methyl sites for hydroxylation is 1. The van der Waals surface area contributed by atoms with Crippen LogP contribution in [-0.4, -0.2) is 7.05 Å². The summed E-state index contributed by atoms with van der Waals surface area (Å²) in [4.78, 5) is 0. The molecule has 0 saturated heterocycles. The first kappa shape index (κ1) is 12.6. The van der Waals surface area contributed by atoms with Gasteiger partial charge in [0.1, 0.15) is 0 Å². The normalized spacial score (nSPS) is 17.5. The van der Waals surface area contributed by atoms with Crippen molar-refractivity contribution in [2.45, 2.75) is 32.2 Å². The molecule has 3 heteroatoms. The Morgan fingerprint density at radius 3 is 2.56 bits per heavy atom. The minimum atomic E-state index is 0.471. The Kier molecular flexibility index (Phi) is 4.09. The van der Waals surface area contributed by atoms with E-state index >= 15 is 0 Å². The number of hydrogen-bond acceptors (Lipinski definition) is 1. The molecule has 0 amide bonds. The van der Waals surface area contributed by atoms with Crippen molar-refractivity contribution in [1.29, 1.82) is 0 Å². The maximum absolute atomic E-state index is 3.67. The zero-order valence-corrected chi connectivity index (χ0v) is 12.9. The molecule has 16 heavy (non-hydrogen) atoms. The average Bonchev–Trinajstić information content (AvgIpc) is 3.04. The molecule has 0 bridgehead atoms. The summed E-state index contributed by atoms with van der Waals surface area (Å²) < 4.78 is 2.41. The van der Waals surface area contributed by atoms with Crippen LogP contribution in [0.25, 0.3) is 0 Å². The van der Waals surface area contributed by atoms with E-state index in [1.54, 1.807) is 0 Å². The second kappa shape index (κ2) is 5.19. The smallest absolute Gasteiger partial charge is 0.0331 e. The van der Waals surface area contributed by atoms with E-state index in [0.717, 1.165) is 5.92 Å². The summed E-state index contributed by atoms with van der Waals surface area (Å²) in [5, 5.41) is 3.43. The lowest BCUT2D eigenvalue weighted by molar-refractivity contribution is 0.512. The van der Waals surface area contributed by atoms with E-state index in [4.69, 9.17) is 0 Å². The highest BCUT2D eigenvalue weighted by Crippen LogP contribution is 2.40. The van der Waals surface area contributed by atoms with Crippen molar-refractivity contribution in [3.05, 3.63) is 32.2 Å². The first-order chi connectivity index (χ1) is 7.61. The minimum absolute atomic E-state index is 0.471. The lowest BCUT2D eigenvalue weighted by atomic mass is 10.0. The SMILES string of the molecule is CNC(CC1CC1)c1cc(Br)c(C)cc1Br. The lowest BCUT2D eigenvalue weighted by Gasteiger charge is -2.19. The minimum Gasteiger partial charge on any atom is -0.313 e. The van der Waals surface area contributed by atoms with Gasteiger partial charge in [0, 0.05) is 15.0 Å². The van der Waals surface area contributed by atoms with Crippen molar-refractivity contribution in [2.24, 2.45) is 5.92 Å². The number of nitrogens with one attached hydrogen (secondary N) is 1. The van der Waals surface area contributed by atoms with Crippen LogP contribution in [0.2, 0.25) is 0 Å². The van der Waals surface area contributed by atoms with Crippen LogP contribution >= 0.6 is 31.9 Å². The van der Waals surface area contributed by atoms with Gasteiger partial charge >= 0.3 is 0 Å². The summed E-state index contributed by atoms with van der Waals surface area (Å²) in [6.45, 7) is 2.12. The lowest BCUT2D eigenvalue weighted by Crippen LogP contribution is -2.17. The summed E-state index contributed by atoms with van der Waals surface area (Å²) in [6.07, 6.45) is 4.07. The second-order valence-corrected chi connectivity index (χ2v) is 6.35. The molecule has 0 aromatic heterocycles. The summed E-state index contributed by atoms with van der Waals surface area (Å²) in [6, 6.07) is 4.90. The number of halogens is 2. The van der Waals surface area contributed by atoms with Gasteiger partial charge in [0.15, 0.2) is 0 Å². The Morgan fingerprint density at radius 2 is 2.00 bits per heavy atom. The fourth-order valence-corrected chi connectivity index (χ4v) is 3.11. The molecule has 1 aliphatic rings. The molecule has 1 nitrogen and oxygen atoms in total. The van der Waals surface area contributed by atoms with Gasteiger partial charge in [0.05, 0.1) is 0 Å². The maximum atomic E-state index is 3.67. The molecule has 0 heterocycles. The van der Waals surface area contributed by atoms with Crippen LogP contribution in [0.3, 0.4) is 0 Å². The van der Waals surface area contributed by atoms with E-state index in [1.807, 2.05) is 7.05 Å². The van der Waals surface area contributed by atoms with Gasteiger partial charge in [0.25, 0.3) is 0 Å². The largest absolute Gasteiger partial charge is 0.313 e. The van der Waals surface area contributed by atoms with Crippen LogP contribution < -0.4 is 5.32 Å². The van der Waals surface area contributed by atoms with E-state index < -0.39 is 0 Å². The van der Waals surface area contributed by atoms with Crippen molar-refractivity contribution in [2.75, 3.05) is 7.05 Å². The number of rotatable bonds is 4. The molecule has 1 aromatic carbocycles. The van der Waals surface area contributed by atoms with Gasteiger partial charge in [-0.2, -0.15) is 0 Å². The summed E-state index contributed by atoms with van der Waals surface area (Å²) in [5.74, 6) is 0.935. The van der Waals surface area contributed by atoms with Crippen LogP contribution in [0.4, 0.5) is 0 Å². The van der Waals surface area contributed by atoms with E-state index in [0.29, 0.717) is 6.04 Å². The van der Waals surface area contributed by atoms with Crippen LogP contribution in [-0.2, 0) is 0 Å². The molecule has 1 aromatic rings. The van der Waals surface area contributed by atoms with Gasteiger partial charge in [-0.25, -0.2) is 0 Å². The monoisotopic (exact) mass is 345 g/mol. The van der Waals surface area contributed by atoms with Crippen LogP contribution in [0.1, 0.15) is 36.4 Å². The molecule has 88 valence electrons. The summed E-state index contributed by atoms with van der Waals surface area (Å²) >= 11 is 7.28. The average molecular weight is 347 g/mol. The van der Waals surface area contributed by atoms with E-state index in [1.165, 1.54) is 39.3 Å². The maximum Gasteiger partial charge on any atom is 0.0331 e. The molecule has 1 N–H and O–H groups in total. The Balaban J connectivity index is 2.25. The van der Waals surface area contributed by atoms with Crippen LogP contribution in [0.15, 0.2) is 21.1 Å². The fourth-order valence-electron chi connectivity index (χ4n) is 2.02. The van der Waals surface area contributed by atoms with Gasteiger partial charge in [0.2, 0.25) is 0 Å². The quantitative estimate of drug-likeness (QED) is 0.841. The first-order valence-electron chi connectivity index (χ1n) is 5.74. The third-order valence-corrected chi connectivity index (χ3v) is 4.81. The Morgan fingerprint density at radius 1 is 1.31 bits per heavy atom. The van der Waals surface area contributed by atoms with Gasteiger partial charge in [-0.3, -0.25) is 0 Å². The van der Waals surface area contributed by atoms with Crippen LogP contribution in [0.5, 0.6) is 0 Å². The highest BCUT2D eigenvalue weighted by atomic mass is 79.9. The third-order valence-electron chi connectivity index (χ3n) is 3.27. The van der Waals surface area contributed by atoms with E-state index in [9.17, 15) is 0 Å². The Bertz CT molecular complexity index is 386. The second-order valence-electron chi connectivity index (χ2n) is 4.64. The van der Waals surface area contributed by atoms with E-state index in [2.05, 4.69) is 56.2 Å². The molecule has 2 rings (SSSR count). The van der Waals surface area contributed by atoms with Crippen molar-refractivity contribution >= 4 is 31.9 Å². The molecule has 1 unspecified atom stereocenters. The molecule has 0 radical (unpaired) electrons. The number of hydrogen-bond donors (Lipinski definition) is 1. The van der Waals surface area contributed by atoms with E-state index in [-0.39, 0.29) is 0 Å². The predicted molar refractivity (Wildman–Crippen MR) is 75.7 cm³/mol. The first-order valence-corrected chi connectivity index (χ1v) is 7.33. The van der Waals surface area contributed by atoms with Crippen LogP contribution in [0, 0.1) is 12.8 Å². The highest BCUT2D eigenvalue weighted by Gasteiger charge is 2.26. The van der Waals surface area contributed by atoms with Crippen molar-refractivity contribution in [3.63, 3.8) is 0 Å². The molecule has 0 spiro atoms. The van der Waals surface area contributed by atoms with Gasteiger partial charge < -0.3 is 5.32 Å². The number of benzene rings is 1. The highest BCUT2D eigenvalue weighted by molar-refractivity contribution is 9.11. The van der Waals surface area contributed by atoms with Gasteiger partial charge in [-0.15, -0.1) is 0 Å². The predicted octanol–water partition coefficient (Wildman–Crippen LogP) is 4.58. The molecule has 1 saturated carbocycles. The Hall–Kier alpha value is 0.140. The zero-order chi connectivity index (χ0) is 11.7. The topological polar surface area (TPSA) is 12.0 Å². The van der Waals surface area contributed by atoms with Crippen molar-refractivity contribution in [3.8, 4) is 0 Å². The molecular formula is C13H17Br2N. The van der Waals surface area contributed by atoms with Gasteiger partial charge in [-0.1, -0.05) is 44.7 Å². The zero-order valence-electron chi connectivity index (χ0n) is 9.69. The summed E-state index contributed by atoms with van der Waals surface area (Å²) in [7, 11) is 2.05. The summed E-state index contributed by atoms with van der Waals surface area (Å²) in [5.41, 5.74) is 2.64. The molecule has 1 aliphatic carbocycles. The van der Waals surface area contributed by atoms with Crippen molar-refractivity contribution in [1.82, 2.24) is 5.32 Å². The molecular weight excluding hydrogens is 330 g/mol. The Labute approximate surface area is 114 Å². The third kappa shape index (κ3) is 2.88. The standard InChI is InChI=1S/C13H17Br2N/c1-8-5-12(15)10(7-11(8)14)13(16-2)6-9-3-4-9/h5,7,9,13,16H,3-4,6H2,1-2H3. The molecule has 0 aliphatic heterocycles. The van der Waals surface area contributed by atoms with Gasteiger partial charge in [-0.05, 0) is 49.6 Å².